The number of fused-ring (bicyclic) bond motifs is 1. The first-order chi connectivity index (χ1) is 18.4. The second kappa shape index (κ2) is 14.1. The van der Waals surface area contributed by atoms with Gasteiger partial charge in [-0.25, -0.2) is 0 Å². The summed E-state index contributed by atoms with van der Waals surface area (Å²) in [5.41, 5.74) is 1.94. The lowest BCUT2D eigenvalue weighted by atomic mass is 9.85. The van der Waals surface area contributed by atoms with E-state index in [1.54, 1.807) is 6.07 Å². The predicted octanol–water partition coefficient (Wildman–Crippen LogP) is 10.1. The van der Waals surface area contributed by atoms with Gasteiger partial charge in [0.15, 0.2) is 0 Å². The molecule has 0 saturated heterocycles. The van der Waals surface area contributed by atoms with Gasteiger partial charge in [0.1, 0.15) is 23.7 Å². The van der Waals surface area contributed by atoms with Crippen molar-refractivity contribution in [3.05, 3.63) is 59.2 Å². The second-order valence-corrected chi connectivity index (χ2v) is 12.1. The maximum atomic E-state index is 8.18. The van der Waals surface area contributed by atoms with E-state index in [1.807, 2.05) is 36.4 Å². The third kappa shape index (κ3) is 9.49. The van der Waals surface area contributed by atoms with Gasteiger partial charge in [-0.1, -0.05) is 103 Å². The van der Waals surface area contributed by atoms with Crippen LogP contribution in [0.5, 0.6) is 11.5 Å². The summed E-state index contributed by atoms with van der Waals surface area (Å²) in [5.74, 6) is 3.52. The van der Waals surface area contributed by atoms with Gasteiger partial charge in [-0.05, 0) is 86.0 Å². The van der Waals surface area contributed by atoms with Gasteiger partial charge in [0, 0.05) is 4.11 Å². The maximum absolute atomic E-state index is 8.18. The Kier molecular flexibility index (Phi) is 9.55. The van der Waals surface area contributed by atoms with Gasteiger partial charge < -0.3 is 9.47 Å². The number of benzene rings is 2. The van der Waals surface area contributed by atoms with E-state index < -0.39 is 6.85 Å². The fourth-order valence-electron chi connectivity index (χ4n) is 5.47. The molecule has 0 bridgehead atoms. The number of rotatable bonds is 15. The molecule has 3 rings (SSSR count). The molecule has 0 spiro atoms. The molecule has 2 nitrogen and oxygen atoms in total. The van der Waals surface area contributed by atoms with Crippen LogP contribution in [0.4, 0.5) is 0 Å². The van der Waals surface area contributed by atoms with E-state index >= 15 is 0 Å². The fraction of sp³-hybridized carbons (Fsp3) is 0.647. The first-order valence-electron chi connectivity index (χ1n) is 16.0. The van der Waals surface area contributed by atoms with Crippen molar-refractivity contribution in [3.63, 3.8) is 0 Å². The highest BCUT2D eigenvalue weighted by molar-refractivity contribution is 5.48. The Morgan fingerprint density at radius 3 is 2.25 bits per heavy atom. The summed E-state index contributed by atoms with van der Waals surface area (Å²) < 4.78 is 37.1. The zero-order valence-corrected chi connectivity index (χ0v) is 23.6. The highest BCUT2D eigenvalue weighted by atomic mass is 16.5. The molecule has 0 amide bonds. The van der Waals surface area contributed by atoms with Gasteiger partial charge in [-0.2, -0.15) is 0 Å². The minimum Gasteiger partial charge on any atom is -0.489 e. The standard InChI is InChI=1S/C34H52O2/c1-26(2)13-10-14-27(3)15-11-16-28(4)17-12-21-34(6)22-20-31-24-32(23-29(5)33(31)36-34)35-25-30-18-8-7-9-19-30/h7-9,18-19,23-24,26-28H,10-17,20-22,25H2,1-6H3/i5D3. The van der Waals surface area contributed by atoms with Crippen LogP contribution in [-0.4, -0.2) is 5.60 Å². The zero-order chi connectivity index (χ0) is 28.5. The Morgan fingerprint density at radius 1 is 0.917 bits per heavy atom. The Hall–Kier alpha value is -1.96. The molecule has 2 aromatic carbocycles. The van der Waals surface area contributed by atoms with Crippen molar-refractivity contribution >= 4 is 0 Å². The van der Waals surface area contributed by atoms with Crippen LogP contribution in [0.1, 0.15) is 120 Å². The van der Waals surface area contributed by atoms with Crippen molar-refractivity contribution in [2.24, 2.45) is 17.8 Å². The quantitative estimate of drug-likeness (QED) is 0.245. The van der Waals surface area contributed by atoms with Crippen molar-refractivity contribution in [1.29, 1.82) is 0 Å². The Balaban J connectivity index is 1.51. The summed E-state index contributed by atoms with van der Waals surface area (Å²) >= 11 is 0. The summed E-state index contributed by atoms with van der Waals surface area (Å²) in [6.45, 7) is 9.73. The molecule has 3 unspecified atom stereocenters. The average molecular weight is 496 g/mol. The molecule has 1 aliphatic rings. The van der Waals surface area contributed by atoms with Crippen molar-refractivity contribution in [1.82, 2.24) is 0 Å². The number of aryl methyl sites for hydroxylation is 2. The maximum Gasteiger partial charge on any atom is 0.126 e. The van der Waals surface area contributed by atoms with Crippen molar-refractivity contribution in [3.8, 4) is 11.5 Å². The summed E-state index contributed by atoms with van der Waals surface area (Å²) in [5, 5.41) is 0. The van der Waals surface area contributed by atoms with E-state index in [-0.39, 0.29) is 11.2 Å². The van der Waals surface area contributed by atoms with Gasteiger partial charge in [-0.15, -0.1) is 0 Å². The summed E-state index contributed by atoms with van der Waals surface area (Å²) in [7, 11) is 0. The Labute approximate surface area is 226 Å². The largest absolute Gasteiger partial charge is 0.489 e. The molecule has 3 atom stereocenters. The monoisotopic (exact) mass is 495 g/mol. The van der Waals surface area contributed by atoms with Gasteiger partial charge >= 0.3 is 0 Å². The van der Waals surface area contributed by atoms with Gasteiger partial charge in [0.2, 0.25) is 0 Å². The third-order valence-electron chi connectivity index (χ3n) is 7.93. The molecule has 1 heterocycles. The highest BCUT2D eigenvalue weighted by Crippen LogP contribution is 2.40. The highest BCUT2D eigenvalue weighted by Gasteiger charge is 2.32. The van der Waals surface area contributed by atoms with Crippen LogP contribution in [0, 0.1) is 24.6 Å². The van der Waals surface area contributed by atoms with E-state index in [0.29, 0.717) is 18.1 Å². The summed E-state index contributed by atoms with van der Waals surface area (Å²) in [6, 6.07) is 13.6. The van der Waals surface area contributed by atoms with Crippen LogP contribution in [0.3, 0.4) is 0 Å². The topological polar surface area (TPSA) is 18.5 Å². The molecule has 200 valence electrons. The SMILES string of the molecule is [2H]C([2H])([2H])c1cc(OCc2ccccc2)cc2c1OC(C)(CCCC(C)CCCC(C)CCCC(C)C)CC2. The summed E-state index contributed by atoms with van der Waals surface area (Å²) in [4.78, 5) is 0. The minimum absolute atomic E-state index is 0.268. The van der Waals surface area contributed by atoms with Crippen LogP contribution < -0.4 is 9.47 Å². The Morgan fingerprint density at radius 2 is 1.58 bits per heavy atom. The van der Waals surface area contributed by atoms with E-state index in [9.17, 15) is 0 Å². The molecule has 0 aliphatic carbocycles. The summed E-state index contributed by atoms with van der Waals surface area (Å²) in [6.07, 6.45) is 13.0. The van der Waals surface area contributed by atoms with Crippen molar-refractivity contribution in [2.75, 3.05) is 0 Å². The van der Waals surface area contributed by atoms with Gasteiger partial charge in [-0.3, -0.25) is 0 Å². The fourth-order valence-corrected chi connectivity index (χ4v) is 5.47. The van der Waals surface area contributed by atoms with E-state index in [0.717, 1.165) is 54.6 Å². The van der Waals surface area contributed by atoms with E-state index in [4.69, 9.17) is 13.6 Å². The average Bonchev–Trinajstić information content (AvgIpc) is 2.87. The molecule has 0 fully saturated rings. The van der Waals surface area contributed by atoms with Crippen LogP contribution in [0.15, 0.2) is 42.5 Å². The van der Waals surface area contributed by atoms with Crippen molar-refractivity contribution < 1.29 is 13.6 Å². The van der Waals surface area contributed by atoms with Crippen LogP contribution in [-0.2, 0) is 13.0 Å². The molecule has 0 radical (unpaired) electrons. The number of hydrogen-bond donors (Lipinski definition) is 0. The molecule has 0 saturated carbocycles. The molecule has 36 heavy (non-hydrogen) atoms. The molecule has 0 aromatic heterocycles. The molecule has 0 N–H and O–H groups in total. The number of ether oxygens (including phenoxy) is 2. The predicted molar refractivity (Wildman–Crippen MR) is 154 cm³/mol. The minimum atomic E-state index is -2.26. The number of hydrogen-bond acceptors (Lipinski definition) is 2. The molecule has 1 aliphatic heterocycles. The van der Waals surface area contributed by atoms with E-state index in [1.165, 1.54) is 44.9 Å². The first kappa shape index (κ1) is 24.4. The van der Waals surface area contributed by atoms with Crippen molar-refractivity contribution in [2.45, 2.75) is 124 Å². The van der Waals surface area contributed by atoms with E-state index in [2.05, 4.69) is 34.6 Å². The third-order valence-corrected chi connectivity index (χ3v) is 7.93. The molecule has 2 heteroatoms. The molecule has 2 aromatic rings. The van der Waals surface area contributed by atoms with Gasteiger partial charge in [0.05, 0.1) is 0 Å². The first-order valence-corrected chi connectivity index (χ1v) is 14.5. The molecular formula is C34H52O2. The Bertz CT molecular complexity index is 1000. The lowest BCUT2D eigenvalue weighted by molar-refractivity contribution is 0.0514. The van der Waals surface area contributed by atoms with Crippen LogP contribution in [0.2, 0.25) is 0 Å². The molecular weight excluding hydrogens is 440 g/mol. The lowest BCUT2D eigenvalue weighted by Gasteiger charge is -2.37. The zero-order valence-electron chi connectivity index (χ0n) is 26.6. The normalized spacial score (nSPS) is 20.6. The second-order valence-electron chi connectivity index (χ2n) is 12.1. The van der Waals surface area contributed by atoms with Crippen LogP contribution >= 0.6 is 0 Å². The smallest absolute Gasteiger partial charge is 0.126 e. The lowest BCUT2D eigenvalue weighted by Crippen LogP contribution is -2.36. The van der Waals surface area contributed by atoms with Gasteiger partial charge in [0.25, 0.3) is 0 Å². The van der Waals surface area contributed by atoms with Crippen LogP contribution in [0.25, 0.3) is 0 Å².